The van der Waals surface area contributed by atoms with Gasteiger partial charge >= 0.3 is 5.97 Å². The van der Waals surface area contributed by atoms with Gasteiger partial charge in [0.25, 0.3) is 0 Å². The topological polar surface area (TPSA) is 90.2 Å². The molecular formula is C22H25ClN2O6. The summed E-state index contributed by atoms with van der Waals surface area (Å²) in [6.07, 6.45) is 2.13. The minimum atomic E-state index is -0.496. The number of likely N-dealkylation sites (tertiary alicyclic amines) is 1. The molecule has 1 atom stereocenters. The van der Waals surface area contributed by atoms with Gasteiger partial charge in [-0.25, -0.2) is 4.79 Å². The van der Waals surface area contributed by atoms with E-state index in [4.69, 9.17) is 30.2 Å². The number of hydrogen-bond donors (Lipinski definition) is 1. The van der Waals surface area contributed by atoms with Gasteiger partial charge in [0.2, 0.25) is 18.5 Å². The van der Waals surface area contributed by atoms with Crippen LogP contribution in [0.15, 0.2) is 28.7 Å². The lowest BCUT2D eigenvalue weighted by Gasteiger charge is -2.24. The van der Waals surface area contributed by atoms with Crippen molar-refractivity contribution in [1.29, 1.82) is 0 Å². The lowest BCUT2D eigenvalue weighted by atomic mass is 10.1. The fourth-order valence-electron chi connectivity index (χ4n) is 3.84. The summed E-state index contributed by atoms with van der Waals surface area (Å²) in [5.41, 5.74) is 0.937. The quantitative estimate of drug-likeness (QED) is 0.463. The number of nitrogens with one attached hydrogen (secondary N) is 1. The van der Waals surface area contributed by atoms with Crippen LogP contribution in [0.4, 0.5) is 0 Å². The van der Waals surface area contributed by atoms with Crippen molar-refractivity contribution in [3.8, 4) is 11.5 Å². The second-order valence-electron chi connectivity index (χ2n) is 7.46. The summed E-state index contributed by atoms with van der Waals surface area (Å²) >= 11 is 6.32. The molecule has 1 aromatic carbocycles. The van der Waals surface area contributed by atoms with Gasteiger partial charge in [-0.15, -0.1) is 0 Å². The second kappa shape index (κ2) is 9.62. The third-order valence-corrected chi connectivity index (χ3v) is 5.78. The zero-order valence-electron chi connectivity index (χ0n) is 17.3. The summed E-state index contributed by atoms with van der Waals surface area (Å²) < 4.78 is 21.2. The Hall–Kier alpha value is -2.71. The fraction of sp³-hybridized carbons (Fsp3) is 0.455. The molecule has 31 heavy (non-hydrogen) atoms. The van der Waals surface area contributed by atoms with Crippen LogP contribution in [0.2, 0.25) is 5.02 Å². The molecule has 4 rings (SSSR count). The van der Waals surface area contributed by atoms with Gasteiger partial charge in [-0.3, -0.25) is 4.79 Å². The van der Waals surface area contributed by atoms with E-state index in [-0.39, 0.29) is 31.1 Å². The summed E-state index contributed by atoms with van der Waals surface area (Å²) in [5, 5.41) is 4.02. The van der Waals surface area contributed by atoms with Crippen LogP contribution in [-0.4, -0.2) is 42.8 Å². The predicted molar refractivity (Wildman–Crippen MR) is 112 cm³/mol. The highest BCUT2D eigenvalue weighted by Gasteiger charge is 2.31. The third-order valence-electron chi connectivity index (χ3n) is 5.43. The predicted octanol–water partition coefficient (Wildman–Crippen LogP) is 3.51. The average Bonchev–Trinajstić information content (AvgIpc) is 3.47. The van der Waals surface area contributed by atoms with Gasteiger partial charge in [-0.05, 0) is 50.1 Å². The van der Waals surface area contributed by atoms with Gasteiger partial charge in [0.05, 0.1) is 13.2 Å². The molecule has 9 heteroatoms. The number of rotatable bonds is 9. The number of ether oxygens (including phenoxy) is 3. The van der Waals surface area contributed by atoms with Gasteiger partial charge in [0.1, 0.15) is 5.76 Å². The second-order valence-corrected chi connectivity index (χ2v) is 7.87. The largest absolute Gasteiger partial charge is 0.460 e. The molecule has 166 valence electrons. The number of benzene rings is 1. The molecule has 0 spiro atoms. The first kappa shape index (κ1) is 21.5. The Morgan fingerprint density at radius 1 is 1.29 bits per heavy atom. The Kier molecular flexibility index (Phi) is 6.67. The van der Waals surface area contributed by atoms with Gasteiger partial charge in [0, 0.05) is 30.1 Å². The number of hydrogen-bond acceptors (Lipinski definition) is 7. The highest BCUT2D eigenvalue weighted by Crippen LogP contribution is 2.36. The first-order valence-electron chi connectivity index (χ1n) is 10.4. The van der Waals surface area contributed by atoms with E-state index in [2.05, 4.69) is 5.32 Å². The van der Waals surface area contributed by atoms with E-state index in [9.17, 15) is 9.59 Å². The maximum atomic E-state index is 12.4. The van der Waals surface area contributed by atoms with E-state index in [1.54, 1.807) is 25.1 Å². The molecule has 2 aliphatic heterocycles. The minimum absolute atomic E-state index is 0.0953. The number of nitrogens with zero attached hydrogens (tertiary/aromatic N) is 1. The molecule has 1 unspecified atom stereocenters. The van der Waals surface area contributed by atoms with E-state index in [0.717, 1.165) is 24.9 Å². The van der Waals surface area contributed by atoms with E-state index in [1.807, 2.05) is 11.0 Å². The summed E-state index contributed by atoms with van der Waals surface area (Å²) in [7, 11) is 0. The Morgan fingerprint density at radius 3 is 2.90 bits per heavy atom. The number of esters is 1. The maximum absolute atomic E-state index is 12.4. The Bertz CT molecular complexity index is 959. The molecule has 0 radical (unpaired) electrons. The van der Waals surface area contributed by atoms with E-state index < -0.39 is 5.97 Å². The van der Waals surface area contributed by atoms with Crippen molar-refractivity contribution < 1.29 is 28.2 Å². The van der Waals surface area contributed by atoms with Crippen LogP contribution in [0.3, 0.4) is 0 Å². The number of furan rings is 1. The van der Waals surface area contributed by atoms with Crippen LogP contribution in [-0.2, 0) is 22.6 Å². The molecular weight excluding hydrogens is 424 g/mol. The van der Waals surface area contributed by atoms with Gasteiger partial charge < -0.3 is 28.8 Å². The van der Waals surface area contributed by atoms with Crippen molar-refractivity contribution in [3.05, 3.63) is 46.4 Å². The average molecular weight is 449 g/mol. The molecule has 3 heterocycles. The van der Waals surface area contributed by atoms with Crippen LogP contribution in [0.1, 0.15) is 48.1 Å². The molecule has 1 amide bonds. The lowest BCUT2D eigenvalue weighted by molar-refractivity contribution is -0.129. The van der Waals surface area contributed by atoms with Crippen molar-refractivity contribution in [1.82, 2.24) is 10.2 Å². The summed E-state index contributed by atoms with van der Waals surface area (Å²) in [5.74, 6) is 1.69. The lowest BCUT2D eigenvalue weighted by Crippen LogP contribution is -2.34. The highest BCUT2D eigenvalue weighted by atomic mass is 35.5. The van der Waals surface area contributed by atoms with Crippen molar-refractivity contribution in [2.24, 2.45) is 0 Å². The number of carbonyl (C=O) groups excluding carboxylic acids is 2. The maximum Gasteiger partial charge on any atom is 0.374 e. The normalized spacial score (nSPS) is 17.4. The summed E-state index contributed by atoms with van der Waals surface area (Å²) in [6, 6.07) is 7.07. The first-order valence-corrected chi connectivity index (χ1v) is 10.8. The number of amides is 1. The van der Waals surface area contributed by atoms with Crippen LogP contribution >= 0.6 is 11.6 Å². The molecule has 0 aliphatic carbocycles. The molecule has 2 aliphatic rings. The molecule has 1 fully saturated rings. The van der Waals surface area contributed by atoms with Crippen LogP contribution in [0.25, 0.3) is 0 Å². The van der Waals surface area contributed by atoms with E-state index in [1.165, 1.54) is 0 Å². The Labute approximate surface area is 185 Å². The monoisotopic (exact) mass is 448 g/mol. The molecule has 1 N–H and O–H groups in total. The van der Waals surface area contributed by atoms with Crippen LogP contribution in [0.5, 0.6) is 11.5 Å². The molecule has 2 aromatic rings. The third kappa shape index (κ3) is 4.97. The van der Waals surface area contributed by atoms with Crippen LogP contribution < -0.4 is 14.8 Å². The smallest absolute Gasteiger partial charge is 0.374 e. The molecule has 8 nitrogen and oxygen atoms in total. The SMILES string of the molecule is CCOC(=O)c1ccc(CN2C(=O)CCC2CCNCc2cc3c(cc2Cl)OCO3)o1. The number of halogens is 1. The number of fused-ring (bicyclic) bond motifs is 1. The standard InChI is InChI=1S/C22H25ClN2O6/c1-2-28-22(27)18-5-4-16(31-18)12-25-15(3-6-21(25)26)7-8-24-11-14-9-19-20(10-17(14)23)30-13-29-19/h4-5,9-10,15,24H,2-3,6-8,11-13H2,1H3. The van der Waals surface area contributed by atoms with Gasteiger partial charge in [0.15, 0.2) is 11.5 Å². The molecule has 1 aromatic heterocycles. The molecule has 0 saturated carbocycles. The van der Waals surface area contributed by atoms with Crippen molar-refractivity contribution >= 4 is 23.5 Å². The van der Waals surface area contributed by atoms with E-state index in [0.29, 0.717) is 41.8 Å². The van der Waals surface area contributed by atoms with Crippen LogP contribution in [0, 0.1) is 0 Å². The molecule has 0 bridgehead atoms. The summed E-state index contributed by atoms with van der Waals surface area (Å²) in [6.45, 7) is 3.90. The van der Waals surface area contributed by atoms with Crippen molar-refractivity contribution in [2.75, 3.05) is 19.9 Å². The highest BCUT2D eigenvalue weighted by molar-refractivity contribution is 6.31. The zero-order valence-corrected chi connectivity index (χ0v) is 18.1. The van der Waals surface area contributed by atoms with Gasteiger partial charge in [-0.2, -0.15) is 0 Å². The Balaban J connectivity index is 1.28. The minimum Gasteiger partial charge on any atom is -0.460 e. The number of carbonyl (C=O) groups is 2. The zero-order chi connectivity index (χ0) is 21.8. The summed E-state index contributed by atoms with van der Waals surface area (Å²) in [4.78, 5) is 26.0. The fourth-order valence-corrected chi connectivity index (χ4v) is 4.06. The van der Waals surface area contributed by atoms with E-state index >= 15 is 0 Å². The Morgan fingerprint density at radius 2 is 2.10 bits per heavy atom. The molecule has 1 saturated heterocycles. The first-order chi connectivity index (χ1) is 15.0. The van der Waals surface area contributed by atoms with Crippen molar-refractivity contribution in [2.45, 2.75) is 45.3 Å². The van der Waals surface area contributed by atoms with Gasteiger partial charge in [-0.1, -0.05) is 11.6 Å². The van der Waals surface area contributed by atoms with Crippen molar-refractivity contribution in [3.63, 3.8) is 0 Å².